The van der Waals surface area contributed by atoms with Gasteiger partial charge in [0.05, 0.1) is 7.11 Å². The Kier molecular flexibility index (Phi) is 8.46. The lowest BCUT2D eigenvalue weighted by Crippen LogP contribution is -2.22. The quantitative estimate of drug-likeness (QED) is 0.379. The molecular formula is C29H35NOS. The summed E-state index contributed by atoms with van der Waals surface area (Å²) in [5.74, 6) is 1.38. The Labute approximate surface area is 198 Å². The smallest absolute Gasteiger partial charge is 0.119 e. The van der Waals surface area contributed by atoms with E-state index in [4.69, 9.17) is 4.74 Å². The zero-order chi connectivity index (χ0) is 23.1. The van der Waals surface area contributed by atoms with E-state index in [1.54, 1.807) is 18.9 Å². The summed E-state index contributed by atoms with van der Waals surface area (Å²) in [7, 11) is 1.71. The van der Waals surface area contributed by atoms with Crippen LogP contribution in [0.25, 0.3) is 10.8 Å². The monoisotopic (exact) mass is 445 g/mol. The molecule has 3 heteroatoms. The van der Waals surface area contributed by atoms with E-state index in [-0.39, 0.29) is 0 Å². The number of benzene rings is 2. The molecule has 0 radical (unpaired) electrons. The van der Waals surface area contributed by atoms with E-state index in [0.29, 0.717) is 5.92 Å². The highest BCUT2D eigenvalue weighted by Gasteiger charge is 2.21. The molecule has 1 heterocycles. The molecule has 0 aromatic heterocycles. The number of hydrogen-bond donors (Lipinski definition) is 0. The molecule has 2 aromatic carbocycles. The van der Waals surface area contributed by atoms with Crippen LogP contribution >= 0.6 is 11.8 Å². The molecule has 32 heavy (non-hydrogen) atoms. The third kappa shape index (κ3) is 5.58. The van der Waals surface area contributed by atoms with Gasteiger partial charge in [0.1, 0.15) is 5.75 Å². The van der Waals surface area contributed by atoms with Gasteiger partial charge in [-0.15, -0.1) is 11.8 Å². The van der Waals surface area contributed by atoms with E-state index >= 15 is 0 Å². The summed E-state index contributed by atoms with van der Waals surface area (Å²) in [6.45, 7) is 13.6. The summed E-state index contributed by atoms with van der Waals surface area (Å²) >= 11 is 1.75. The van der Waals surface area contributed by atoms with Gasteiger partial charge in [0, 0.05) is 22.8 Å². The van der Waals surface area contributed by atoms with Gasteiger partial charge in [0.2, 0.25) is 0 Å². The van der Waals surface area contributed by atoms with E-state index < -0.39 is 0 Å². The highest BCUT2D eigenvalue weighted by molar-refractivity contribution is 8.02. The van der Waals surface area contributed by atoms with Gasteiger partial charge in [-0.25, -0.2) is 0 Å². The zero-order valence-corrected chi connectivity index (χ0v) is 20.7. The van der Waals surface area contributed by atoms with Crippen molar-refractivity contribution in [2.45, 2.75) is 33.1 Å². The average Bonchev–Trinajstić information content (AvgIpc) is 2.96. The number of hydrogen-bond acceptors (Lipinski definition) is 3. The normalized spacial score (nSPS) is 17.7. The predicted octanol–water partition coefficient (Wildman–Crippen LogP) is 8.29. The average molecular weight is 446 g/mol. The summed E-state index contributed by atoms with van der Waals surface area (Å²) in [4.78, 5) is 3.71. The Morgan fingerprint density at radius 1 is 1.22 bits per heavy atom. The van der Waals surface area contributed by atoms with Crippen LogP contribution in [-0.2, 0) is 0 Å². The molecule has 0 saturated carbocycles. The van der Waals surface area contributed by atoms with Crippen LogP contribution in [-0.4, -0.2) is 19.9 Å². The minimum atomic E-state index is 0.495. The van der Waals surface area contributed by atoms with Crippen molar-refractivity contribution >= 4 is 28.2 Å². The number of nitrogens with zero attached hydrogens (tertiary/aromatic N) is 1. The van der Waals surface area contributed by atoms with Gasteiger partial charge in [-0.05, 0) is 90.6 Å². The SMILES string of the molecule is C=CC1=C(/C=C\C/C=C(/SC)C(=C)C)N(c2ccc3cc(OC)ccc3c2)CCCC1C. The standard InChI is InChI=1S/C29H35NOS/c1-7-27-22(4)11-10-18-30(28(27)12-8-9-13-29(32-6)21(2)3)25-16-14-24-20-26(31-5)17-15-23(24)19-25/h7-8,12-17,19-20,22H,1-2,9-11,18H2,3-6H3/b12-8-,29-13+. The molecule has 3 rings (SSSR count). The molecule has 0 fully saturated rings. The lowest BCUT2D eigenvalue weighted by molar-refractivity contribution is 0.415. The van der Waals surface area contributed by atoms with Gasteiger partial charge in [0.25, 0.3) is 0 Å². The van der Waals surface area contributed by atoms with Crippen LogP contribution in [0.15, 0.2) is 95.6 Å². The molecule has 1 aliphatic rings. The summed E-state index contributed by atoms with van der Waals surface area (Å²) < 4.78 is 5.39. The van der Waals surface area contributed by atoms with Crippen LogP contribution in [0.2, 0.25) is 0 Å². The van der Waals surface area contributed by atoms with Crippen molar-refractivity contribution in [3.63, 3.8) is 0 Å². The Bertz CT molecular complexity index is 1080. The first kappa shape index (κ1) is 24.0. The summed E-state index contributed by atoms with van der Waals surface area (Å²) in [5, 5.41) is 2.41. The summed E-state index contributed by atoms with van der Waals surface area (Å²) in [6, 6.07) is 13.0. The molecule has 0 N–H and O–H groups in total. The topological polar surface area (TPSA) is 12.5 Å². The summed E-state index contributed by atoms with van der Waals surface area (Å²) in [6.07, 6.45) is 14.2. The maximum atomic E-state index is 5.39. The van der Waals surface area contributed by atoms with Crippen molar-refractivity contribution in [1.29, 1.82) is 0 Å². The van der Waals surface area contributed by atoms with Crippen molar-refractivity contribution in [3.8, 4) is 5.75 Å². The van der Waals surface area contributed by atoms with Crippen LogP contribution in [0.1, 0.15) is 33.1 Å². The van der Waals surface area contributed by atoms with Crippen LogP contribution in [0.3, 0.4) is 0 Å². The molecule has 0 saturated heterocycles. The number of methoxy groups -OCH3 is 1. The van der Waals surface area contributed by atoms with Crippen molar-refractivity contribution < 1.29 is 4.74 Å². The van der Waals surface area contributed by atoms with Gasteiger partial charge in [-0.3, -0.25) is 0 Å². The van der Waals surface area contributed by atoms with E-state index in [1.165, 1.54) is 39.1 Å². The first-order valence-corrected chi connectivity index (χ1v) is 12.5. The molecule has 0 amide bonds. The number of fused-ring (bicyclic) bond motifs is 1. The second-order valence-corrected chi connectivity index (χ2v) is 9.18. The molecule has 1 aliphatic heterocycles. The Balaban J connectivity index is 1.99. The third-order valence-corrected chi connectivity index (χ3v) is 7.01. The second kappa shape index (κ2) is 11.3. The highest BCUT2D eigenvalue weighted by atomic mass is 32.2. The fourth-order valence-electron chi connectivity index (χ4n) is 4.29. The third-order valence-electron chi connectivity index (χ3n) is 6.05. The number of ether oxygens (including phenoxy) is 1. The van der Waals surface area contributed by atoms with Gasteiger partial charge in [-0.2, -0.15) is 0 Å². The van der Waals surface area contributed by atoms with E-state index in [9.17, 15) is 0 Å². The number of anilines is 1. The predicted molar refractivity (Wildman–Crippen MR) is 144 cm³/mol. The van der Waals surface area contributed by atoms with Crippen LogP contribution in [0.5, 0.6) is 5.75 Å². The maximum Gasteiger partial charge on any atom is 0.119 e. The first-order chi connectivity index (χ1) is 15.5. The Morgan fingerprint density at radius 3 is 2.66 bits per heavy atom. The van der Waals surface area contributed by atoms with Crippen molar-refractivity contribution in [2.75, 3.05) is 24.8 Å². The lowest BCUT2D eigenvalue weighted by Gasteiger charge is -2.27. The zero-order valence-electron chi connectivity index (χ0n) is 19.9. The summed E-state index contributed by atoms with van der Waals surface area (Å²) in [5.41, 5.74) is 4.92. The van der Waals surface area contributed by atoms with Gasteiger partial charge in [0.15, 0.2) is 0 Å². The van der Waals surface area contributed by atoms with Gasteiger partial charge >= 0.3 is 0 Å². The van der Waals surface area contributed by atoms with Crippen LogP contribution in [0.4, 0.5) is 5.69 Å². The maximum absolute atomic E-state index is 5.39. The molecule has 168 valence electrons. The number of allylic oxidation sites excluding steroid dienone is 6. The van der Waals surface area contributed by atoms with Crippen LogP contribution < -0.4 is 9.64 Å². The fourth-order valence-corrected chi connectivity index (χ4v) is 4.90. The molecule has 1 unspecified atom stereocenters. The molecule has 1 atom stereocenters. The Morgan fingerprint density at radius 2 is 1.97 bits per heavy atom. The number of thioether (sulfide) groups is 1. The van der Waals surface area contributed by atoms with Crippen LogP contribution in [0, 0.1) is 5.92 Å². The van der Waals surface area contributed by atoms with Gasteiger partial charge < -0.3 is 9.64 Å². The van der Waals surface area contributed by atoms with E-state index in [2.05, 4.69) is 86.7 Å². The highest BCUT2D eigenvalue weighted by Crippen LogP contribution is 2.34. The largest absolute Gasteiger partial charge is 0.497 e. The van der Waals surface area contributed by atoms with Gasteiger partial charge in [-0.1, -0.05) is 50.4 Å². The van der Waals surface area contributed by atoms with E-state index in [0.717, 1.165) is 30.7 Å². The molecule has 0 aliphatic carbocycles. The molecule has 2 nitrogen and oxygen atoms in total. The number of rotatable bonds is 8. The minimum Gasteiger partial charge on any atom is -0.497 e. The van der Waals surface area contributed by atoms with E-state index in [1.807, 2.05) is 12.1 Å². The molecule has 2 aromatic rings. The van der Waals surface area contributed by atoms with Crippen molar-refractivity contribution in [3.05, 3.63) is 95.6 Å². The second-order valence-electron chi connectivity index (χ2n) is 8.33. The minimum absolute atomic E-state index is 0.495. The Hall–Kier alpha value is -2.65. The molecule has 0 bridgehead atoms. The van der Waals surface area contributed by atoms with Crippen molar-refractivity contribution in [1.82, 2.24) is 0 Å². The first-order valence-electron chi connectivity index (χ1n) is 11.3. The van der Waals surface area contributed by atoms with Crippen molar-refractivity contribution in [2.24, 2.45) is 5.92 Å². The molecular weight excluding hydrogens is 410 g/mol. The fraction of sp³-hybridized carbons (Fsp3) is 0.310. The molecule has 0 spiro atoms. The lowest BCUT2D eigenvalue weighted by atomic mass is 9.95.